The molecule has 0 saturated heterocycles. The summed E-state index contributed by atoms with van der Waals surface area (Å²) in [5.41, 5.74) is 1.84. The van der Waals surface area contributed by atoms with Crippen molar-refractivity contribution in [1.29, 1.82) is 0 Å². The number of methoxy groups -OCH3 is 3. The van der Waals surface area contributed by atoms with E-state index in [0.29, 0.717) is 40.7 Å². The van der Waals surface area contributed by atoms with Crippen LogP contribution in [0.25, 0.3) is 5.70 Å². The van der Waals surface area contributed by atoms with Gasteiger partial charge >= 0.3 is 12.0 Å². The second-order valence-corrected chi connectivity index (χ2v) is 6.77. The first-order chi connectivity index (χ1) is 15.0. The molecule has 1 aliphatic heterocycles. The molecule has 0 fully saturated rings. The van der Waals surface area contributed by atoms with Crippen LogP contribution in [0.1, 0.15) is 30.5 Å². The maximum atomic E-state index is 12.9. The number of rotatable bonds is 8. The van der Waals surface area contributed by atoms with Crippen LogP contribution < -0.4 is 24.8 Å². The third-order valence-electron chi connectivity index (χ3n) is 4.85. The fourth-order valence-electron chi connectivity index (χ4n) is 3.39. The number of carbonyl (C=O) groups is 2. The minimum absolute atomic E-state index is 0.252. The predicted molar refractivity (Wildman–Crippen MR) is 115 cm³/mol. The minimum Gasteiger partial charge on any atom is -0.497 e. The molecule has 1 unspecified atom stereocenters. The molecule has 0 aromatic heterocycles. The molecule has 8 heteroatoms. The standard InChI is InChI=1S/C23H26N2O6/c1-5-13-31-21-16(7-6-8-17(21)29-3)20-18(22(26)30-4)19(24-23(27)25-20)14-9-11-15(28-2)12-10-14/h6-12,20H,5,13H2,1-4H3,(H2,24,25,27). The number of urea groups is 1. The van der Waals surface area contributed by atoms with Crippen molar-refractivity contribution in [3.05, 3.63) is 59.2 Å². The van der Waals surface area contributed by atoms with Gasteiger partial charge in [-0.05, 0) is 42.3 Å². The number of nitrogens with one attached hydrogen (secondary N) is 2. The number of esters is 1. The number of carbonyl (C=O) groups excluding carboxylic acids is 2. The smallest absolute Gasteiger partial charge is 0.338 e. The lowest BCUT2D eigenvalue weighted by atomic mass is 9.92. The molecule has 0 bridgehead atoms. The van der Waals surface area contributed by atoms with Crippen molar-refractivity contribution in [2.45, 2.75) is 19.4 Å². The van der Waals surface area contributed by atoms with Crippen LogP contribution in [0.2, 0.25) is 0 Å². The highest BCUT2D eigenvalue weighted by Gasteiger charge is 2.36. The van der Waals surface area contributed by atoms with Gasteiger partial charge in [0.1, 0.15) is 5.75 Å². The number of hydrogen-bond donors (Lipinski definition) is 2. The first-order valence-corrected chi connectivity index (χ1v) is 9.88. The number of benzene rings is 2. The molecule has 3 rings (SSSR count). The number of amides is 2. The maximum absolute atomic E-state index is 12.9. The van der Waals surface area contributed by atoms with Gasteiger partial charge in [-0.1, -0.05) is 19.1 Å². The quantitative estimate of drug-likeness (QED) is 0.628. The Labute approximate surface area is 181 Å². The lowest BCUT2D eigenvalue weighted by Crippen LogP contribution is -2.45. The normalized spacial score (nSPS) is 15.6. The van der Waals surface area contributed by atoms with E-state index in [9.17, 15) is 9.59 Å². The van der Waals surface area contributed by atoms with Crippen LogP contribution in [0.3, 0.4) is 0 Å². The van der Waals surface area contributed by atoms with Gasteiger partial charge in [-0.15, -0.1) is 0 Å². The number of ether oxygens (including phenoxy) is 4. The van der Waals surface area contributed by atoms with Crippen LogP contribution in [0.5, 0.6) is 17.2 Å². The molecule has 2 aromatic rings. The average Bonchev–Trinajstić information content (AvgIpc) is 2.81. The summed E-state index contributed by atoms with van der Waals surface area (Å²) in [7, 11) is 4.41. The fraction of sp³-hybridized carbons (Fsp3) is 0.304. The molecule has 0 aliphatic carbocycles. The first-order valence-electron chi connectivity index (χ1n) is 9.88. The lowest BCUT2D eigenvalue weighted by molar-refractivity contribution is -0.136. The van der Waals surface area contributed by atoms with Crippen molar-refractivity contribution in [1.82, 2.24) is 10.6 Å². The fourth-order valence-corrected chi connectivity index (χ4v) is 3.39. The Morgan fingerprint density at radius 2 is 1.77 bits per heavy atom. The van der Waals surface area contributed by atoms with Crippen molar-refractivity contribution in [3.8, 4) is 17.2 Å². The summed E-state index contributed by atoms with van der Waals surface area (Å²) in [6.07, 6.45) is 0.785. The third-order valence-corrected chi connectivity index (χ3v) is 4.85. The Bertz CT molecular complexity index is 984. The van der Waals surface area contributed by atoms with Gasteiger partial charge in [0.25, 0.3) is 0 Å². The first kappa shape index (κ1) is 22.0. The molecule has 8 nitrogen and oxygen atoms in total. The van der Waals surface area contributed by atoms with E-state index >= 15 is 0 Å². The van der Waals surface area contributed by atoms with E-state index in [1.54, 1.807) is 56.7 Å². The van der Waals surface area contributed by atoms with Crippen LogP contribution in [0, 0.1) is 0 Å². The topological polar surface area (TPSA) is 95.1 Å². The van der Waals surface area contributed by atoms with Crippen molar-refractivity contribution in [2.24, 2.45) is 0 Å². The highest BCUT2D eigenvalue weighted by molar-refractivity contribution is 6.04. The summed E-state index contributed by atoms with van der Waals surface area (Å²) >= 11 is 0. The van der Waals surface area contributed by atoms with E-state index in [-0.39, 0.29) is 5.57 Å². The van der Waals surface area contributed by atoms with E-state index in [1.807, 2.05) is 6.92 Å². The van der Waals surface area contributed by atoms with E-state index in [1.165, 1.54) is 7.11 Å². The van der Waals surface area contributed by atoms with Gasteiger partial charge in [-0.2, -0.15) is 0 Å². The van der Waals surface area contributed by atoms with E-state index < -0.39 is 18.0 Å². The maximum Gasteiger partial charge on any atom is 0.338 e. The second-order valence-electron chi connectivity index (χ2n) is 6.77. The van der Waals surface area contributed by atoms with Crippen LogP contribution in [-0.2, 0) is 9.53 Å². The van der Waals surface area contributed by atoms with E-state index in [0.717, 1.165) is 6.42 Å². The SMILES string of the molecule is CCCOc1c(OC)cccc1C1NC(=O)NC(c2ccc(OC)cc2)=C1C(=O)OC. The molecule has 164 valence electrons. The molecule has 2 amide bonds. The molecule has 0 spiro atoms. The van der Waals surface area contributed by atoms with Gasteiger partial charge in [0, 0.05) is 5.56 Å². The van der Waals surface area contributed by atoms with Crippen molar-refractivity contribution >= 4 is 17.7 Å². The monoisotopic (exact) mass is 426 g/mol. The second kappa shape index (κ2) is 9.88. The van der Waals surface area contributed by atoms with Gasteiger partial charge in [0.15, 0.2) is 11.5 Å². The molecule has 0 radical (unpaired) electrons. The molecular weight excluding hydrogens is 400 g/mol. The van der Waals surface area contributed by atoms with E-state index in [2.05, 4.69) is 10.6 Å². The number of hydrogen-bond acceptors (Lipinski definition) is 6. The van der Waals surface area contributed by atoms with Crippen LogP contribution in [0.4, 0.5) is 4.79 Å². The highest BCUT2D eigenvalue weighted by Crippen LogP contribution is 2.40. The zero-order valence-electron chi connectivity index (χ0n) is 18.0. The molecule has 2 aromatic carbocycles. The summed E-state index contributed by atoms with van der Waals surface area (Å²) in [5.74, 6) is 1.06. The largest absolute Gasteiger partial charge is 0.497 e. The third kappa shape index (κ3) is 4.58. The Balaban J connectivity index is 2.20. The van der Waals surface area contributed by atoms with Crippen molar-refractivity contribution in [3.63, 3.8) is 0 Å². The zero-order chi connectivity index (χ0) is 22.4. The van der Waals surface area contributed by atoms with Crippen molar-refractivity contribution in [2.75, 3.05) is 27.9 Å². The lowest BCUT2D eigenvalue weighted by Gasteiger charge is -2.30. The van der Waals surface area contributed by atoms with Crippen LogP contribution >= 0.6 is 0 Å². The van der Waals surface area contributed by atoms with Gasteiger partial charge in [-0.25, -0.2) is 9.59 Å². The summed E-state index contributed by atoms with van der Waals surface area (Å²) in [5, 5.41) is 5.56. The Hall–Kier alpha value is -3.68. The summed E-state index contributed by atoms with van der Waals surface area (Å²) in [4.78, 5) is 25.5. The molecule has 1 aliphatic rings. The molecule has 1 atom stereocenters. The molecule has 31 heavy (non-hydrogen) atoms. The minimum atomic E-state index is -0.805. The molecule has 0 saturated carbocycles. The zero-order valence-corrected chi connectivity index (χ0v) is 18.0. The van der Waals surface area contributed by atoms with Crippen molar-refractivity contribution < 1.29 is 28.5 Å². The highest BCUT2D eigenvalue weighted by atomic mass is 16.5. The van der Waals surface area contributed by atoms with E-state index in [4.69, 9.17) is 18.9 Å². The molecule has 2 N–H and O–H groups in total. The Kier molecular flexibility index (Phi) is 7.02. The van der Waals surface area contributed by atoms with Gasteiger partial charge in [0.2, 0.25) is 0 Å². The summed E-state index contributed by atoms with van der Waals surface area (Å²) in [6, 6.07) is 11.1. The molecular formula is C23H26N2O6. The summed E-state index contributed by atoms with van der Waals surface area (Å²) in [6.45, 7) is 2.44. The average molecular weight is 426 g/mol. The number of para-hydroxylation sites is 1. The Morgan fingerprint density at radius 1 is 1.03 bits per heavy atom. The summed E-state index contributed by atoms with van der Waals surface area (Å²) < 4.78 is 21.7. The van der Waals surface area contributed by atoms with Crippen LogP contribution in [0.15, 0.2) is 48.0 Å². The molecule has 1 heterocycles. The Morgan fingerprint density at radius 3 is 2.39 bits per heavy atom. The van der Waals surface area contributed by atoms with Crippen LogP contribution in [-0.4, -0.2) is 39.9 Å². The van der Waals surface area contributed by atoms with Gasteiger partial charge in [-0.3, -0.25) is 0 Å². The predicted octanol–water partition coefficient (Wildman–Crippen LogP) is 3.43. The van der Waals surface area contributed by atoms with Gasteiger partial charge < -0.3 is 29.6 Å². The van der Waals surface area contributed by atoms with Gasteiger partial charge in [0.05, 0.1) is 45.2 Å².